The van der Waals surface area contributed by atoms with Crippen LogP contribution in [0.25, 0.3) is 132 Å². The Bertz CT molecular complexity index is 3750. The standard InChI is InChI=1S/C54H30O3/c1-2-12-31(13-3-1)50-37-16-6-8-18-39(37)51(40-19-9-7-17-38(40)50)44-27-35(30-49-52(44)43-26-32-14-4-5-15-33(32)28-48(43)56-49)34-22-23-36-41-24-25-46-53(54(41)57-47(36)29-34)42-20-10-11-21-45(42)55-46/h1-30H. The normalized spacial score (nSPS) is 12.2. The summed E-state index contributed by atoms with van der Waals surface area (Å²) in [6.45, 7) is 0. The molecule has 3 nitrogen and oxygen atoms in total. The zero-order valence-corrected chi connectivity index (χ0v) is 30.5. The van der Waals surface area contributed by atoms with E-state index in [9.17, 15) is 0 Å². The molecule has 0 amide bonds. The number of rotatable bonds is 3. The summed E-state index contributed by atoms with van der Waals surface area (Å²) in [6, 6.07) is 65.0. The molecule has 0 saturated heterocycles. The lowest BCUT2D eigenvalue weighted by Gasteiger charge is -2.19. The highest BCUT2D eigenvalue weighted by Gasteiger charge is 2.23. The smallest absolute Gasteiger partial charge is 0.147 e. The van der Waals surface area contributed by atoms with E-state index in [1.165, 1.54) is 43.6 Å². The van der Waals surface area contributed by atoms with Crippen molar-refractivity contribution in [1.29, 1.82) is 0 Å². The summed E-state index contributed by atoms with van der Waals surface area (Å²) in [5.41, 5.74) is 12.0. The summed E-state index contributed by atoms with van der Waals surface area (Å²) in [5.74, 6) is 0. The zero-order chi connectivity index (χ0) is 37.2. The maximum atomic E-state index is 6.88. The first kappa shape index (κ1) is 30.7. The average Bonchev–Trinajstić information content (AvgIpc) is 3.95. The van der Waals surface area contributed by atoms with Crippen LogP contribution in [0.2, 0.25) is 0 Å². The molecule has 0 aliphatic heterocycles. The van der Waals surface area contributed by atoms with Crippen LogP contribution in [0.3, 0.4) is 0 Å². The second-order valence-corrected chi connectivity index (χ2v) is 15.1. The number of para-hydroxylation sites is 1. The van der Waals surface area contributed by atoms with Gasteiger partial charge in [0.15, 0.2) is 0 Å². The molecular weight excluding hydrogens is 697 g/mol. The van der Waals surface area contributed by atoms with E-state index >= 15 is 0 Å². The minimum atomic E-state index is 0.827. The minimum absolute atomic E-state index is 0.827. The molecule has 3 heteroatoms. The maximum Gasteiger partial charge on any atom is 0.147 e. The summed E-state index contributed by atoms with van der Waals surface area (Å²) < 4.78 is 19.9. The molecule has 0 radical (unpaired) electrons. The molecule has 57 heavy (non-hydrogen) atoms. The predicted octanol–water partition coefficient (Wildman–Crippen LogP) is 15.8. The van der Waals surface area contributed by atoms with Crippen LogP contribution in [-0.2, 0) is 0 Å². The quantitative estimate of drug-likeness (QED) is 0.170. The Morgan fingerprint density at radius 2 is 0.860 bits per heavy atom. The molecule has 264 valence electrons. The summed E-state index contributed by atoms with van der Waals surface area (Å²) in [5, 5.41) is 13.6. The van der Waals surface area contributed by atoms with Gasteiger partial charge in [0.05, 0.1) is 5.39 Å². The second kappa shape index (κ2) is 11.5. The van der Waals surface area contributed by atoms with Crippen molar-refractivity contribution in [2.45, 2.75) is 0 Å². The Labute approximate surface area is 325 Å². The molecule has 3 aromatic heterocycles. The molecule has 0 saturated carbocycles. The third-order valence-electron chi connectivity index (χ3n) is 12.0. The Hall–Kier alpha value is -7.62. The lowest BCUT2D eigenvalue weighted by molar-refractivity contribution is 0.662. The summed E-state index contributed by atoms with van der Waals surface area (Å²) >= 11 is 0. The fourth-order valence-corrected chi connectivity index (χ4v) is 9.51. The van der Waals surface area contributed by atoms with Gasteiger partial charge in [0.25, 0.3) is 0 Å². The molecule has 0 N–H and O–H groups in total. The highest BCUT2D eigenvalue weighted by molar-refractivity contribution is 6.27. The van der Waals surface area contributed by atoms with E-state index in [1.807, 2.05) is 18.2 Å². The molecule has 0 aliphatic carbocycles. The topological polar surface area (TPSA) is 39.4 Å². The van der Waals surface area contributed by atoms with Crippen LogP contribution in [0, 0.1) is 0 Å². The van der Waals surface area contributed by atoms with Crippen LogP contribution in [-0.4, -0.2) is 0 Å². The van der Waals surface area contributed by atoms with Crippen molar-refractivity contribution in [2.24, 2.45) is 0 Å². The largest absolute Gasteiger partial charge is 0.456 e. The molecule has 3 heterocycles. The first-order chi connectivity index (χ1) is 28.2. The third-order valence-corrected chi connectivity index (χ3v) is 12.0. The fraction of sp³-hybridized carbons (Fsp3) is 0. The van der Waals surface area contributed by atoms with Crippen molar-refractivity contribution in [3.05, 3.63) is 182 Å². The monoisotopic (exact) mass is 726 g/mol. The van der Waals surface area contributed by atoms with Crippen LogP contribution in [0.4, 0.5) is 0 Å². The molecule has 0 aliphatic rings. The van der Waals surface area contributed by atoms with Crippen LogP contribution in [0.1, 0.15) is 0 Å². The molecule has 0 unspecified atom stereocenters. The summed E-state index contributed by atoms with van der Waals surface area (Å²) in [4.78, 5) is 0. The highest BCUT2D eigenvalue weighted by atomic mass is 16.3. The van der Waals surface area contributed by atoms with Gasteiger partial charge in [-0.3, -0.25) is 0 Å². The van der Waals surface area contributed by atoms with Gasteiger partial charge in [0.2, 0.25) is 0 Å². The Balaban J connectivity index is 1.13. The average molecular weight is 727 g/mol. The van der Waals surface area contributed by atoms with E-state index < -0.39 is 0 Å². The zero-order valence-electron chi connectivity index (χ0n) is 30.5. The van der Waals surface area contributed by atoms with Crippen LogP contribution < -0.4 is 0 Å². The van der Waals surface area contributed by atoms with E-state index in [2.05, 4.69) is 164 Å². The number of benzene rings is 10. The van der Waals surface area contributed by atoms with Crippen LogP contribution in [0.15, 0.2) is 195 Å². The number of furan rings is 3. The van der Waals surface area contributed by atoms with Gasteiger partial charge in [0.1, 0.15) is 33.5 Å². The number of hydrogen-bond donors (Lipinski definition) is 0. The van der Waals surface area contributed by atoms with Gasteiger partial charge in [-0.2, -0.15) is 0 Å². The van der Waals surface area contributed by atoms with E-state index in [1.54, 1.807) is 0 Å². The summed E-state index contributed by atoms with van der Waals surface area (Å²) in [6.07, 6.45) is 0. The molecule has 0 spiro atoms. The third kappa shape index (κ3) is 4.37. The van der Waals surface area contributed by atoms with Crippen LogP contribution >= 0.6 is 0 Å². The van der Waals surface area contributed by atoms with Gasteiger partial charge >= 0.3 is 0 Å². The lowest BCUT2D eigenvalue weighted by Crippen LogP contribution is -1.92. The number of hydrogen-bond acceptors (Lipinski definition) is 3. The predicted molar refractivity (Wildman–Crippen MR) is 237 cm³/mol. The molecule has 0 atom stereocenters. The second-order valence-electron chi connectivity index (χ2n) is 15.1. The van der Waals surface area contributed by atoms with Crippen molar-refractivity contribution >= 4 is 98.1 Å². The van der Waals surface area contributed by atoms with E-state index in [-0.39, 0.29) is 0 Å². The first-order valence-corrected chi connectivity index (χ1v) is 19.4. The Kier molecular flexibility index (Phi) is 6.16. The first-order valence-electron chi connectivity index (χ1n) is 19.4. The van der Waals surface area contributed by atoms with Crippen molar-refractivity contribution in [3.8, 4) is 33.4 Å². The molecule has 0 fully saturated rings. The summed E-state index contributed by atoms with van der Waals surface area (Å²) in [7, 11) is 0. The molecular formula is C54H30O3. The van der Waals surface area contributed by atoms with Crippen LogP contribution in [0.5, 0.6) is 0 Å². The van der Waals surface area contributed by atoms with Crippen molar-refractivity contribution in [3.63, 3.8) is 0 Å². The van der Waals surface area contributed by atoms with E-state index in [0.29, 0.717) is 0 Å². The van der Waals surface area contributed by atoms with Crippen molar-refractivity contribution < 1.29 is 13.3 Å². The Morgan fingerprint density at radius 1 is 0.263 bits per heavy atom. The van der Waals surface area contributed by atoms with Crippen molar-refractivity contribution in [1.82, 2.24) is 0 Å². The Morgan fingerprint density at radius 3 is 1.63 bits per heavy atom. The van der Waals surface area contributed by atoms with Crippen molar-refractivity contribution in [2.75, 3.05) is 0 Å². The van der Waals surface area contributed by atoms with Gasteiger partial charge in [-0.05, 0) is 120 Å². The molecule has 10 aromatic carbocycles. The highest BCUT2D eigenvalue weighted by Crippen LogP contribution is 2.49. The van der Waals surface area contributed by atoms with Gasteiger partial charge in [-0.1, -0.05) is 127 Å². The maximum absolute atomic E-state index is 6.88. The minimum Gasteiger partial charge on any atom is -0.456 e. The van der Waals surface area contributed by atoms with E-state index in [4.69, 9.17) is 13.3 Å². The number of fused-ring (bicyclic) bond motifs is 13. The van der Waals surface area contributed by atoms with Gasteiger partial charge in [-0.15, -0.1) is 0 Å². The van der Waals surface area contributed by atoms with Gasteiger partial charge < -0.3 is 13.3 Å². The lowest BCUT2D eigenvalue weighted by atomic mass is 9.84. The molecule has 13 aromatic rings. The SMILES string of the molecule is c1ccc(-c2c3ccccc3c(-c3cc(-c4ccc5c(c4)oc4c5ccc5oc6ccccc6c54)cc4oc5cc6ccccc6cc5c34)c3ccccc23)cc1. The van der Waals surface area contributed by atoms with Gasteiger partial charge in [0, 0.05) is 26.9 Å². The molecule has 13 rings (SSSR count). The molecule has 0 bridgehead atoms. The van der Waals surface area contributed by atoms with E-state index in [0.717, 1.165) is 87.9 Å². The van der Waals surface area contributed by atoms with Gasteiger partial charge in [-0.25, -0.2) is 0 Å². The fourth-order valence-electron chi connectivity index (χ4n) is 9.51.